The van der Waals surface area contributed by atoms with E-state index in [4.69, 9.17) is 0 Å². The molecule has 3 aromatic carbocycles. The fourth-order valence-electron chi connectivity index (χ4n) is 2.85. The average molecular weight is 344 g/mol. The number of rotatable bonds is 8. The Morgan fingerprint density at radius 3 is 1.48 bits per heavy atom. The summed E-state index contributed by atoms with van der Waals surface area (Å²) in [6.07, 6.45) is 7.16. The molecule has 0 nitrogen and oxygen atoms in total. The van der Waals surface area contributed by atoms with Crippen molar-refractivity contribution in [3.8, 4) is 0 Å². The molecular formula is C24H25P. The molecule has 0 heterocycles. The van der Waals surface area contributed by atoms with E-state index in [1.807, 2.05) is 0 Å². The Balaban J connectivity index is 1.63. The molecule has 0 amide bonds. The molecule has 3 rings (SSSR count). The zero-order valence-electron chi connectivity index (χ0n) is 14.6. The molecule has 0 atom stereocenters. The second-order valence-electron chi connectivity index (χ2n) is 6.23. The predicted molar refractivity (Wildman–Crippen MR) is 112 cm³/mol. The van der Waals surface area contributed by atoms with Gasteiger partial charge in [0.2, 0.25) is 0 Å². The Morgan fingerprint density at radius 2 is 1.00 bits per heavy atom. The summed E-state index contributed by atoms with van der Waals surface area (Å²) in [5.41, 5.74) is 4.19. The van der Waals surface area contributed by atoms with Gasteiger partial charge in [0.1, 0.15) is 0 Å². The predicted octanol–water partition coefficient (Wildman–Crippen LogP) is 6.62. The highest BCUT2D eigenvalue weighted by atomic mass is 31.1. The van der Waals surface area contributed by atoms with Crippen LogP contribution in [0.15, 0.2) is 96.8 Å². The lowest BCUT2D eigenvalue weighted by Gasteiger charge is -2.14. The molecule has 0 saturated heterocycles. The SMILES string of the molecule is C(=CP(CCc1ccccc1)CCc1ccccc1)c1ccccc1. The Kier molecular flexibility index (Phi) is 7.03. The molecule has 0 bridgehead atoms. The zero-order chi connectivity index (χ0) is 17.2. The molecular weight excluding hydrogens is 319 g/mol. The van der Waals surface area contributed by atoms with Crippen LogP contribution in [0.5, 0.6) is 0 Å². The van der Waals surface area contributed by atoms with Crippen LogP contribution in [0.3, 0.4) is 0 Å². The van der Waals surface area contributed by atoms with Crippen molar-refractivity contribution in [2.75, 3.05) is 12.3 Å². The van der Waals surface area contributed by atoms with Crippen molar-refractivity contribution in [1.29, 1.82) is 0 Å². The molecule has 0 saturated carbocycles. The molecule has 0 spiro atoms. The number of hydrogen-bond acceptors (Lipinski definition) is 0. The molecule has 0 radical (unpaired) electrons. The minimum Gasteiger partial charge on any atom is -0.0826 e. The zero-order valence-corrected chi connectivity index (χ0v) is 15.5. The van der Waals surface area contributed by atoms with Gasteiger partial charge in [0.15, 0.2) is 0 Å². The van der Waals surface area contributed by atoms with Crippen LogP contribution >= 0.6 is 7.92 Å². The van der Waals surface area contributed by atoms with Gasteiger partial charge in [0.05, 0.1) is 0 Å². The second kappa shape index (κ2) is 9.97. The van der Waals surface area contributed by atoms with E-state index in [9.17, 15) is 0 Å². The van der Waals surface area contributed by atoms with Crippen LogP contribution in [0.2, 0.25) is 0 Å². The molecule has 126 valence electrons. The van der Waals surface area contributed by atoms with Gasteiger partial charge in [-0.05, 0) is 41.9 Å². The minimum atomic E-state index is -0.112. The first-order chi connectivity index (χ1) is 12.4. The first kappa shape index (κ1) is 17.6. The van der Waals surface area contributed by atoms with Crippen LogP contribution in [-0.2, 0) is 12.8 Å². The molecule has 0 fully saturated rings. The molecule has 0 N–H and O–H groups in total. The lowest BCUT2D eigenvalue weighted by molar-refractivity contribution is 1.11. The highest BCUT2D eigenvalue weighted by molar-refractivity contribution is 7.61. The number of hydrogen-bond donors (Lipinski definition) is 0. The van der Waals surface area contributed by atoms with Crippen molar-refractivity contribution in [2.45, 2.75) is 12.8 Å². The Morgan fingerprint density at radius 1 is 0.560 bits per heavy atom. The maximum Gasteiger partial charge on any atom is -0.0237 e. The molecule has 1 heteroatoms. The van der Waals surface area contributed by atoms with Gasteiger partial charge in [-0.2, -0.15) is 0 Å². The summed E-state index contributed by atoms with van der Waals surface area (Å²) in [7, 11) is -0.112. The van der Waals surface area contributed by atoms with Crippen LogP contribution in [0.25, 0.3) is 6.08 Å². The monoisotopic (exact) mass is 344 g/mol. The lowest BCUT2D eigenvalue weighted by atomic mass is 10.2. The van der Waals surface area contributed by atoms with Gasteiger partial charge in [-0.15, -0.1) is 0 Å². The summed E-state index contributed by atoms with van der Waals surface area (Å²) in [4.78, 5) is 0. The quantitative estimate of drug-likeness (QED) is 0.403. The molecule has 0 aliphatic carbocycles. The van der Waals surface area contributed by atoms with E-state index in [2.05, 4.69) is 103 Å². The smallest absolute Gasteiger partial charge is 0.0237 e. The minimum absolute atomic E-state index is 0.112. The van der Waals surface area contributed by atoms with Gasteiger partial charge >= 0.3 is 0 Å². The molecule has 0 aromatic heterocycles. The fourth-order valence-corrected chi connectivity index (χ4v) is 4.85. The van der Waals surface area contributed by atoms with Gasteiger partial charge < -0.3 is 0 Å². The number of benzene rings is 3. The third-order valence-electron chi connectivity index (χ3n) is 4.34. The maximum atomic E-state index is 2.47. The summed E-state index contributed by atoms with van der Waals surface area (Å²) < 4.78 is 0. The van der Waals surface area contributed by atoms with Gasteiger partial charge in [0.25, 0.3) is 0 Å². The number of aryl methyl sites for hydroxylation is 2. The van der Waals surface area contributed by atoms with Crippen molar-refractivity contribution in [3.63, 3.8) is 0 Å². The van der Waals surface area contributed by atoms with E-state index in [1.165, 1.54) is 41.9 Å². The normalized spacial score (nSPS) is 11.2. The Bertz CT molecular complexity index is 704. The van der Waals surface area contributed by atoms with E-state index in [0.29, 0.717) is 0 Å². The van der Waals surface area contributed by atoms with Crippen LogP contribution in [-0.4, -0.2) is 12.3 Å². The summed E-state index contributed by atoms with van der Waals surface area (Å²) in [6.45, 7) is 0. The largest absolute Gasteiger partial charge is 0.0826 e. The topological polar surface area (TPSA) is 0 Å². The molecule has 0 aliphatic rings. The van der Waals surface area contributed by atoms with Crippen LogP contribution in [0.4, 0.5) is 0 Å². The van der Waals surface area contributed by atoms with Crippen LogP contribution in [0, 0.1) is 0 Å². The Labute approximate surface area is 153 Å². The first-order valence-corrected chi connectivity index (χ1v) is 10.7. The van der Waals surface area contributed by atoms with E-state index in [-0.39, 0.29) is 7.92 Å². The van der Waals surface area contributed by atoms with Crippen molar-refractivity contribution in [1.82, 2.24) is 0 Å². The summed E-state index contributed by atoms with van der Waals surface area (Å²) >= 11 is 0. The van der Waals surface area contributed by atoms with Gasteiger partial charge in [-0.25, -0.2) is 0 Å². The van der Waals surface area contributed by atoms with E-state index < -0.39 is 0 Å². The molecule has 25 heavy (non-hydrogen) atoms. The van der Waals surface area contributed by atoms with Crippen LogP contribution in [0.1, 0.15) is 16.7 Å². The van der Waals surface area contributed by atoms with Gasteiger partial charge in [0, 0.05) is 0 Å². The third kappa shape index (κ3) is 6.33. The summed E-state index contributed by atoms with van der Waals surface area (Å²) in [5.74, 6) is 2.47. The van der Waals surface area contributed by atoms with E-state index in [0.717, 1.165) is 0 Å². The van der Waals surface area contributed by atoms with Crippen LogP contribution < -0.4 is 0 Å². The highest BCUT2D eigenvalue weighted by Crippen LogP contribution is 2.39. The average Bonchev–Trinajstić information content (AvgIpc) is 2.70. The second-order valence-corrected chi connectivity index (χ2v) is 8.60. The fraction of sp³-hybridized carbons (Fsp3) is 0.167. The van der Waals surface area contributed by atoms with Crippen molar-refractivity contribution in [2.24, 2.45) is 0 Å². The van der Waals surface area contributed by atoms with E-state index in [1.54, 1.807) is 0 Å². The standard InChI is InChI=1S/C24H25P/c1-4-10-22(11-5-1)16-19-25(20-17-23-12-6-2-7-13-23)21-18-24-14-8-3-9-15-24/h1-16,19H,17-18,20-21H2. The molecule has 0 unspecified atom stereocenters. The third-order valence-corrected chi connectivity index (χ3v) is 6.51. The van der Waals surface area contributed by atoms with E-state index >= 15 is 0 Å². The molecule has 0 aliphatic heterocycles. The first-order valence-electron chi connectivity index (χ1n) is 8.95. The summed E-state index contributed by atoms with van der Waals surface area (Å²) in [5, 5.41) is 0. The van der Waals surface area contributed by atoms with Crippen molar-refractivity contribution in [3.05, 3.63) is 114 Å². The highest BCUT2D eigenvalue weighted by Gasteiger charge is 2.06. The summed E-state index contributed by atoms with van der Waals surface area (Å²) in [6, 6.07) is 32.4. The van der Waals surface area contributed by atoms with Crippen molar-refractivity contribution >= 4 is 14.0 Å². The Hall–Kier alpha value is -2.17. The van der Waals surface area contributed by atoms with Gasteiger partial charge in [-0.1, -0.05) is 111 Å². The molecule has 3 aromatic rings. The van der Waals surface area contributed by atoms with Crippen molar-refractivity contribution < 1.29 is 0 Å². The maximum absolute atomic E-state index is 2.47. The van der Waals surface area contributed by atoms with Gasteiger partial charge in [-0.3, -0.25) is 0 Å². The lowest BCUT2D eigenvalue weighted by Crippen LogP contribution is -1.96.